The average molecular weight is 169 g/mol. The van der Waals surface area contributed by atoms with Crippen LogP contribution in [0.4, 0.5) is 0 Å². The smallest absolute Gasteiger partial charge is 0.406 e. The summed E-state index contributed by atoms with van der Waals surface area (Å²) in [7, 11) is -4.61. The van der Waals surface area contributed by atoms with E-state index in [9.17, 15) is 14.7 Å². The van der Waals surface area contributed by atoms with E-state index in [-0.39, 0.29) is 6.20 Å². The first-order valence-electron chi connectivity index (χ1n) is 1.96. The van der Waals surface area contributed by atoms with Crippen LogP contribution < -0.4 is 0 Å². The van der Waals surface area contributed by atoms with Crippen molar-refractivity contribution in [2.24, 2.45) is 0 Å². The second-order valence-electron chi connectivity index (χ2n) is 1.17. The molecule has 0 radical (unpaired) electrons. The Morgan fingerprint density at radius 3 is 2.40 bits per heavy atom. The summed E-state index contributed by atoms with van der Waals surface area (Å²) in [5, 5.41) is 9.47. The highest BCUT2D eigenvalue weighted by atomic mass is 31.2. The molecule has 0 saturated heterocycles. The van der Waals surface area contributed by atoms with E-state index in [1.54, 1.807) is 0 Å². The summed E-state index contributed by atoms with van der Waals surface area (Å²) in [5.74, 6) is 0. The fourth-order valence-electron chi connectivity index (χ4n) is 0.156. The molecule has 0 spiro atoms. The maximum absolute atomic E-state index is 9.81. The standard InChI is InChI=1S/C2H4NO6P/c4-3(5)1-2-9-10(6,7)8/h1-2H,(H2,6,7,8). The van der Waals surface area contributed by atoms with Gasteiger partial charge in [-0.3, -0.25) is 19.9 Å². The molecule has 0 fully saturated rings. The Bertz CT molecular complexity index is 192. The lowest BCUT2D eigenvalue weighted by Crippen LogP contribution is -1.84. The summed E-state index contributed by atoms with van der Waals surface area (Å²) in [6.07, 6.45) is 0.597. The topological polar surface area (TPSA) is 110 Å². The molecule has 0 aromatic carbocycles. The third-order valence-corrected chi connectivity index (χ3v) is 0.777. The zero-order valence-electron chi connectivity index (χ0n) is 4.58. The Labute approximate surface area is 55.3 Å². The number of phosphoric acid groups is 1. The van der Waals surface area contributed by atoms with Crippen LogP contribution in [0.25, 0.3) is 0 Å². The van der Waals surface area contributed by atoms with Crippen molar-refractivity contribution in [1.29, 1.82) is 0 Å². The third-order valence-electron chi connectivity index (χ3n) is 0.381. The van der Waals surface area contributed by atoms with Crippen molar-refractivity contribution in [1.82, 2.24) is 0 Å². The van der Waals surface area contributed by atoms with Crippen molar-refractivity contribution in [3.63, 3.8) is 0 Å². The summed E-state index contributed by atoms with van der Waals surface area (Å²) in [4.78, 5) is 24.5. The van der Waals surface area contributed by atoms with E-state index in [2.05, 4.69) is 4.52 Å². The first-order valence-corrected chi connectivity index (χ1v) is 3.49. The van der Waals surface area contributed by atoms with Gasteiger partial charge >= 0.3 is 7.82 Å². The lowest BCUT2D eigenvalue weighted by atomic mass is 11.0. The van der Waals surface area contributed by atoms with Gasteiger partial charge in [-0.15, -0.1) is 0 Å². The van der Waals surface area contributed by atoms with Gasteiger partial charge in [0.2, 0.25) is 0 Å². The molecular formula is C2H4NO6P. The van der Waals surface area contributed by atoms with Gasteiger partial charge < -0.3 is 4.52 Å². The third kappa shape index (κ3) is 7.09. The summed E-state index contributed by atoms with van der Waals surface area (Å²) in [5.41, 5.74) is 0. The molecular weight excluding hydrogens is 165 g/mol. The monoisotopic (exact) mass is 169 g/mol. The first-order chi connectivity index (χ1) is 4.42. The van der Waals surface area contributed by atoms with Gasteiger partial charge in [0, 0.05) is 0 Å². The van der Waals surface area contributed by atoms with Gasteiger partial charge in [0.1, 0.15) is 0 Å². The van der Waals surface area contributed by atoms with E-state index < -0.39 is 12.7 Å². The number of nitro groups is 1. The quantitative estimate of drug-likeness (QED) is 0.263. The zero-order chi connectivity index (χ0) is 8.20. The SMILES string of the molecule is O=[N+]([O-])C=COP(=O)(O)O. The highest BCUT2D eigenvalue weighted by Crippen LogP contribution is 2.35. The molecule has 0 aliphatic rings. The molecule has 0 aromatic heterocycles. The van der Waals surface area contributed by atoms with Crippen LogP contribution in [0.3, 0.4) is 0 Å². The Hall–Kier alpha value is -0.910. The molecule has 10 heavy (non-hydrogen) atoms. The second-order valence-corrected chi connectivity index (χ2v) is 2.36. The van der Waals surface area contributed by atoms with Crippen molar-refractivity contribution in [2.45, 2.75) is 0 Å². The molecule has 0 atom stereocenters. The van der Waals surface area contributed by atoms with Gasteiger partial charge in [0.15, 0.2) is 6.26 Å². The van der Waals surface area contributed by atoms with E-state index in [4.69, 9.17) is 9.79 Å². The number of hydrogen-bond donors (Lipinski definition) is 2. The Kier molecular flexibility index (Phi) is 3.01. The van der Waals surface area contributed by atoms with Crippen molar-refractivity contribution in [2.75, 3.05) is 0 Å². The van der Waals surface area contributed by atoms with Crippen molar-refractivity contribution < 1.29 is 23.8 Å². The molecule has 7 nitrogen and oxygen atoms in total. The largest absolute Gasteiger partial charge is 0.524 e. The van der Waals surface area contributed by atoms with Crippen LogP contribution in [0.15, 0.2) is 12.5 Å². The van der Waals surface area contributed by atoms with Crippen molar-refractivity contribution in [3.05, 3.63) is 22.6 Å². The second kappa shape index (κ2) is 3.31. The molecule has 0 aromatic rings. The zero-order valence-corrected chi connectivity index (χ0v) is 5.47. The van der Waals surface area contributed by atoms with E-state index in [1.165, 1.54) is 0 Å². The minimum Gasteiger partial charge on any atom is -0.406 e. The van der Waals surface area contributed by atoms with Gasteiger partial charge in [0.05, 0.1) is 4.92 Å². The van der Waals surface area contributed by atoms with Crippen LogP contribution in [0.2, 0.25) is 0 Å². The average Bonchev–Trinajstić information content (AvgIpc) is 1.59. The predicted octanol–water partition coefficient (Wildman–Crippen LogP) is -0.156. The Morgan fingerprint density at radius 2 is 2.10 bits per heavy atom. The van der Waals surface area contributed by atoms with Gasteiger partial charge in [-0.1, -0.05) is 0 Å². The molecule has 0 rings (SSSR count). The highest BCUT2D eigenvalue weighted by Gasteiger charge is 2.11. The molecule has 58 valence electrons. The molecule has 0 unspecified atom stereocenters. The fraction of sp³-hybridized carbons (Fsp3) is 0. The summed E-state index contributed by atoms with van der Waals surface area (Å²) >= 11 is 0. The highest BCUT2D eigenvalue weighted by molar-refractivity contribution is 7.46. The molecule has 8 heteroatoms. The Morgan fingerprint density at radius 1 is 1.60 bits per heavy atom. The van der Waals surface area contributed by atoms with Crippen LogP contribution in [-0.4, -0.2) is 14.7 Å². The van der Waals surface area contributed by atoms with Crippen LogP contribution in [0.1, 0.15) is 0 Å². The van der Waals surface area contributed by atoms with Crippen molar-refractivity contribution >= 4 is 7.82 Å². The van der Waals surface area contributed by atoms with Gasteiger partial charge in [-0.2, -0.15) is 0 Å². The number of rotatable bonds is 3. The molecule has 0 bridgehead atoms. The summed E-state index contributed by atoms with van der Waals surface area (Å²) < 4.78 is 13.4. The maximum Gasteiger partial charge on any atom is 0.524 e. The van der Waals surface area contributed by atoms with E-state index >= 15 is 0 Å². The normalized spacial score (nSPS) is 11.8. The molecule has 0 heterocycles. The minimum absolute atomic E-state index is 0.277. The molecule has 0 aliphatic carbocycles. The summed E-state index contributed by atoms with van der Waals surface area (Å²) in [6, 6.07) is 0. The fourth-order valence-corrected chi connectivity index (χ4v) is 0.369. The lowest BCUT2D eigenvalue weighted by molar-refractivity contribution is -0.403. The molecule has 0 saturated carbocycles. The number of phosphoric ester groups is 1. The molecule has 2 N–H and O–H groups in total. The number of nitrogens with zero attached hydrogens (tertiary/aromatic N) is 1. The van der Waals surface area contributed by atoms with Crippen LogP contribution in [0, 0.1) is 10.1 Å². The molecule has 0 aliphatic heterocycles. The molecule has 0 amide bonds. The van der Waals surface area contributed by atoms with Gasteiger partial charge in [-0.25, -0.2) is 4.57 Å². The predicted molar refractivity (Wildman–Crippen MR) is 29.3 cm³/mol. The van der Waals surface area contributed by atoms with E-state index in [0.29, 0.717) is 6.26 Å². The minimum atomic E-state index is -4.61. The van der Waals surface area contributed by atoms with E-state index in [1.807, 2.05) is 0 Å². The van der Waals surface area contributed by atoms with Crippen LogP contribution in [-0.2, 0) is 9.09 Å². The van der Waals surface area contributed by atoms with Crippen LogP contribution >= 0.6 is 7.82 Å². The van der Waals surface area contributed by atoms with Gasteiger partial charge in [0.25, 0.3) is 6.20 Å². The first kappa shape index (κ1) is 9.09. The van der Waals surface area contributed by atoms with Crippen LogP contribution in [0.5, 0.6) is 0 Å². The van der Waals surface area contributed by atoms with Gasteiger partial charge in [-0.05, 0) is 0 Å². The van der Waals surface area contributed by atoms with E-state index in [0.717, 1.165) is 0 Å². The number of hydrogen-bond acceptors (Lipinski definition) is 4. The van der Waals surface area contributed by atoms with Crippen molar-refractivity contribution in [3.8, 4) is 0 Å². The summed E-state index contributed by atoms with van der Waals surface area (Å²) in [6.45, 7) is 0. The Balaban J connectivity index is 3.76. The maximum atomic E-state index is 9.81. The lowest BCUT2D eigenvalue weighted by Gasteiger charge is -1.96.